The molecule has 0 N–H and O–H groups in total. The summed E-state index contributed by atoms with van der Waals surface area (Å²) in [6.07, 6.45) is 0. The highest BCUT2D eigenvalue weighted by Gasteiger charge is 2.13. The zero-order valence-electron chi connectivity index (χ0n) is 17.0. The average Bonchev–Trinajstić information content (AvgIpc) is 2.78. The maximum Gasteiger partial charge on any atom is 0.275 e. The molecule has 0 aliphatic rings. The molecular formula is C24H21ClFN3O2. The molecule has 0 fully saturated rings. The van der Waals surface area contributed by atoms with Crippen LogP contribution in [0, 0.1) is 5.82 Å². The van der Waals surface area contributed by atoms with Crippen molar-refractivity contribution >= 4 is 22.4 Å². The Hall–Kier alpha value is -3.22. The minimum atomic E-state index is -0.318. The van der Waals surface area contributed by atoms with Gasteiger partial charge in [0.2, 0.25) is 0 Å². The molecule has 31 heavy (non-hydrogen) atoms. The number of halogens is 2. The van der Waals surface area contributed by atoms with Gasteiger partial charge >= 0.3 is 0 Å². The largest absolute Gasteiger partial charge is 0.492 e. The van der Waals surface area contributed by atoms with Crippen molar-refractivity contribution in [2.75, 3.05) is 20.2 Å². The maximum absolute atomic E-state index is 13.4. The van der Waals surface area contributed by atoms with Crippen molar-refractivity contribution in [1.29, 1.82) is 0 Å². The van der Waals surface area contributed by atoms with Crippen molar-refractivity contribution in [3.63, 3.8) is 0 Å². The molecule has 4 aromatic rings. The number of ether oxygens (including phenoxy) is 1. The molecule has 0 amide bonds. The van der Waals surface area contributed by atoms with E-state index in [1.807, 2.05) is 42.3 Å². The molecule has 1 aromatic heterocycles. The molecule has 0 bridgehead atoms. The van der Waals surface area contributed by atoms with Crippen molar-refractivity contribution in [1.82, 2.24) is 14.7 Å². The van der Waals surface area contributed by atoms with Crippen LogP contribution in [0.25, 0.3) is 22.0 Å². The molecule has 0 spiro atoms. The van der Waals surface area contributed by atoms with E-state index in [1.54, 1.807) is 30.3 Å². The fourth-order valence-corrected chi connectivity index (χ4v) is 3.43. The summed E-state index contributed by atoms with van der Waals surface area (Å²) in [6.45, 7) is 1.34. The fourth-order valence-electron chi connectivity index (χ4n) is 3.30. The van der Waals surface area contributed by atoms with Crippen LogP contribution in [0.5, 0.6) is 5.75 Å². The average molecular weight is 438 g/mol. The second-order valence-electron chi connectivity index (χ2n) is 7.23. The van der Waals surface area contributed by atoms with Gasteiger partial charge in [0.15, 0.2) is 0 Å². The van der Waals surface area contributed by atoms with Gasteiger partial charge in [0.25, 0.3) is 5.56 Å². The number of rotatable bonds is 7. The second-order valence-corrected chi connectivity index (χ2v) is 7.67. The van der Waals surface area contributed by atoms with Crippen LogP contribution in [0.4, 0.5) is 4.39 Å². The summed E-state index contributed by atoms with van der Waals surface area (Å²) >= 11 is 5.89. The molecule has 0 aliphatic heterocycles. The first kappa shape index (κ1) is 21.0. The van der Waals surface area contributed by atoms with E-state index in [4.69, 9.17) is 16.3 Å². The summed E-state index contributed by atoms with van der Waals surface area (Å²) in [6, 6.07) is 20.6. The first-order valence-electron chi connectivity index (χ1n) is 9.84. The van der Waals surface area contributed by atoms with Gasteiger partial charge in [-0.25, -0.2) is 9.07 Å². The van der Waals surface area contributed by atoms with Gasteiger partial charge in [-0.15, -0.1) is 0 Å². The van der Waals surface area contributed by atoms with Gasteiger partial charge in [0.05, 0.1) is 17.7 Å². The van der Waals surface area contributed by atoms with Crippen LogP contribution in [0.2, 0.25) is 5.02 Å². The standard InChI is InChI=1S/C24H21ClFN3O2/c1-28(14-15-31-20-12-8-18(25)9-13-20)16-29-24(30)22-5-3-2-4-21(22)23(27-29)17-6-10-19(26)11-7-17/h2-13H,14-16H2,1H3. The van der Waals surface area contributed by atoms with Gasteiger partial charge in [0.1, 0.15) is 18.2 Å². The number of aromatic nitrogens is 2. The van der Waals surface area contributed by atoms with Crippen LogP contribution in [-0.2, 0) is 6.67 Å². The molecule has 4 rings (SSSR count). The molecule has 0 saturated heterocycles. The highest BCUT2D eigenvalue weighted by atomic mass is 35.5. The molecule has 0 unspecified atom stereocenters. The van der Waals surface area contributed by atoms with Gasteiger partial charge in [0, 0.05) is 22.5 Å². The summed E-state index contributed by atoms with van der Waals surface area (Å²) in [4.78, 5) is 15.0. The summed E-state index contributed by atoms with van der Waals surface area (Å²) < 4.78 is 20.6. The molecule has 0 atom stereocenters. The molecule has 5 nitrogen and oxygen atoms in total. The first-order valence-corrected chi connectivity index (χ1v) is 10.2. The quantitative estimate of drug-likeness (QED) is 0.415. The number of fused-ring (bicyclic) bond motifs is 1. The third-order valence-electron chi connectivity index (χ3n) is 4.92. The van der Waals surface area contributed by atoms with Crippen molar-refractivity contribution in [3.8, 4) is 17.0 Å². The topological polar surface area (TPSA) is 47.4 Å². The minimum absolute atomic E-state index is 0.174. The monoisotopic (exact) mass is 437 g/mol. The molecule has 0 saturated carbocycles. The van der Waals surface area contributed by atoms with Crippen molar-refractivity contribution in [2.24, 2.45) is 0 Å². The Morgan fingerprint density at radius 3 is 2.39 bits per heavy atom. The lowest BCUT2D eigenvalue weighted by atomic mass is 10.1. The SMILES string of the molecule is CN(CCOc1ccc(Cl)cc1)Cn1nc(-c2ccc(F)cc2)c2ccccc2c1=O. The van der Waals surface area contributed by atoms with Crippen LogP contribution in [0.3, 0.4) is 0 Å². The van der Waals surface area contributed by atoms with Crippen LogP contribution < -0.4 is 10.3 Å². The molecular weight excluding hydrogens is 417 g/mol. The van der Waals surface area contributed by atoms with Gasteiger partial charge in [-0.3, -0.25) is 9.69 Å². The van der Waals surface area contributed by atoms with E-state index in [1.165, 1.54) is 16.8 Å². The summed E-state index contributed by atoms with van der Waals surface area (Å²) in [5.41, 5.74) is 1.22. The molecule has 158 valence electrons. The zero-order valence-corrected chi connectivity index (χ0v) is 17.7. The smallest absolute Gasteiger partial charge is 0.275 e. The molecule has 3 aromatic carbocycles. The van der Waals surface area contributed by atoms with Gasteiger partial charge in [-0.1, -0.05) is 29.8 Å². The Balaban J connectivity index is 1.55. The maximum atomic E-state index is 13.4. The van der Waals surface area contributed by atoms with E-state index >= 15 is 0 Å². The van der Waals surface area contributed by atoms with Crippen LogP contribution in [0.1, 0.15) is 0 Å². The third-order valence-corrected chi connectivity index (χ3v) is 5.17. The van der Waals surface area contributed by atoms with Crippen LogP contribution in [0.15, 0.2) is 77.6 Å². The predicted molar refractivity (Wildman–Crippen MR) is 121 cm³/mol. The lowest BCUT2D eigenvalue weighted by Gasteiger charge is -2.19. The van der Waals surface area contributed by atoms with E-state index in [-0.39, 0.29) is 11.4 Å². The number of benzene rings is 3. The Bertz CT molecular complexity index is 1240. The van der Waals surface area contributed by atoms with E-state index in [0.717, 1.165) is 16.7 Å². The molecule has 0 aliphatic carbocycles. The predicted octanol–water partition coefficient (Wildman–Crippen LogP) is 4.82. The van der Waals surface area contributed by atoms with Crippen LogP contribution >= 0.6 is 11.6 Å². The van der Waals surface area contributed by atoms with E-state index < -0.39 is 0 Å². The van der Waals surface area contributed by atoms with E-state index in [9.17, 15) is 9.18 Å². The summed E-state index contributed by atoms with van der Waals surface area (Å²) in [5, 5.41) is 6.57. The summed E-state index contributed by atoms with van der Waals surface area (Å²) in [5.74, 6) is 0.416. The minimum Gasteiger partial charge on any atom is -0.492 e. The third kappa shape index (κ3) is 4.93. The Morgan fingerprint density at radius 2 is 1.68 bits per heavy atom. The molecule has 7 heteroatoms. The van der Waals surface area contributed by atoms with Gasteiger partial charge < -0.3 is 4.74 Å². The highest BCUT2D eigenvalue weighted by Crippen LogP contribution is 2.24. The van der Waals surface area contributed by atoms with E-state index in [2.05, 4.69) is 5.10 Å². The Kier molecular flexibility index (Phi) is 6.30. The number of nitrogens with zero attached hydrogens (tertiary/aromatic N) is 3. The lowest BCUT2D eigenvalue weighted by Crippen LogP contribution is -2.34. The van der Waals surface area contributed by atoms with Gasteiger partial charge in [-0.2, -0.15) is 5.10 Å². The highest BCUT2D eigenvalue weighted by molar-refractivity contribution is 6.30. The molecule has 1 heterocycles. The number of hydrogen-bond acceptors (Lipinski definition) is 4. The van der Waals surface area contributed by atoms with Crippen molar-refractivity contribution in [3.05, 3.63) is 94.0 Å². The number of hydrogen-bond donors (Lipinski definition) is 0. The van der Waals surface area contributed by atoms with Crippen molar-refractivity contribution < 1.29 is 9.13 Å². The second kappa shape index (κ2) is 9.29. The number of likely N-dealkylation sites (N-methyl/N-ethyl adjacent to an activating group) is 1. The summed E-state index contributed by atoms with van der Waals surface area (Å²) in [7, 11) is 1.89. The Morgan fingerprint density at radius 1 is 1.00 bits per heavy atom. The first-order chi connectivity index (χ1) is 15.0. The fraction of sp³-hybridized carbons (Fsp3) is 0.167. The molecule has 0 radical (unpaired) electrons. The van der Waals surface area contributed by atoms with Crippen LogP contribution in [-0.4, -0.2) is 34.9 Å². The van der Waals surface area contributed by atoms with Crippen molar-refractivity contribution in [2.45, 2.75) is 6.67 Å². The van der Waals surface area contributed by atoms with E-state index in [0.29, 0.717) is 35.9 Å². The lowest BCUT2D eigenvalue weighted by molar-refractivity contribution is 0.196. The Labute approximate surface area is 184 Å². The zero-order chi connectivity index (χ0) is 21.8. The normalized spacial score (nSPS) is 11.2. The van der Waals surface area contributed by atoms with Gasteiger partial charge in [-0.05, 0) is 61.6 Å².